The van der Waals surface area contributed by atoms with E-state index in [-0.39, 0.29) is 18.4 Å². The summed E-state index contributed by atoms with van der Waals surface area (Å²) < 4.78 is 5.55. The van der Waals surface area contributed by atoms with Crippen molar-refractivity contribution in [3.05, 3.63) is 64.7 Å². The molecule has 0 aromatic heterocycles. The van der Waals surface area contributed by atoms with Gasteiger partial charge in [0.15, 0.2) is 0 Å². The third-order valence-corrected chi connectivity index (χ3v) is 4.47. The molecule has 0 saturated carbocycles. The van der Waals surface area contributed by atoms with Gasteiger partial charge in [-0.3, -0.25) is 9.59 Å². The molecular formula is C24H30N2O3. The molecule has 5 nitrogen and oxygen atoms in total. The Morgan fingerprint density at radius 3 is 2.28 bits per heavy atom. The predicted octanol–water partition coefficient (Wildman–Crippen LogP) is 4.51. The van der Waals surface area contributed by atoms with Gasteiger partial charge in [-0.2, -0.15) is 0 Å². The van der Waals surface area contributed by atoms with E-state index in [4.69, 9.17) is 4.74 Å². The highest BCUT2D eigenvalue weighted by Gasteiger charge is 2.13. The number of hydrogen-bond donors (Lipinski definition) is 1. The van der Waals surface area contributed by atoms with Crippen molar-refractivity contribution in [2.45, 2.75) is 34.1 Å². The summed E-state index contributed by atoms with van der Waals surface area (Å²) >= 11 is 0. The van der Waals surface area contributed by atoms with Crippen LogP contribution in [0.4, 0.5) is 5.69 Å². The molecule has 0 spiro atoms. The van der Waals surface area contributed by atoms with E-state index in [1.165, 1.54) is 11.0 Å². The number of likely N-dealkylation sites (N-methyl/N-ethyl adjacent to an activating group) is 1. The van der Waals surface area contributed by atoms with Crippen LogP contribution in [0.15, 0.2) is 42.5 Å². The first-order valence-electron chi connectivity index (χ1n) is 9.84. The summed E-state index contributed by atoms with van der Waals surface area (Å²) in [6.45, 7) is 8.68. The first kappa shape index (κ1) is 22.2. The Labute approximate surface area is 173 Å². The van der Waals surface area contributed by atoms with E-state index < -0.39 is 0 Å². The van der Waals surface area contributed by atoms with Gasteiger partial charge in [0.25, 0.3) is 0 Å². The van der Waals surface area contributed by atoms with Crippen molar-refractivity contribution >= 4 is 23.6 Å². The lowest BCUT2D eigenvalue weighted by Crippen LogP contribution is -2.34. The van der Waals surface area contributed by atoms with Crippen LogP contribution < -0.4 is 10.1 Å². The Morgan fingerprint density at radius 2 is 1.69 bits per heavy atom. The van der Waals surface area contributed by atoms with Crippen LogP contribution in [-0.4, -0.2) is 36.9 Å². The van der Waals surface area contributed by atoms with Gasteiger partial charge in [0, 0.05) is 18.8 Å². The highest BCUT2D eigenvalue weighted by atomic mass is 16.5. The Bertz CT molecular complexity index is 862. The Hall–Kier alpha value is -3.08. The third kappa shape index (κ3) is 6.79. The molecule has 2 amide bonds. The topological polar surface area (TPSA) is 58.6 Å². The van der Waals surface area contributed by atoms with Gasteiger partial charge < -0.3 is 15.0 Å². The summed E-state index contributed by atoms with van der Waals surface area (Å²) in [5.74, 6) is 0.358. The minimum atomic E-state index is -0.233. The number of ether oxygens (including phenoxy) is 1. The highest BCUT2D eigenvalue weighted by Crippen LogP contribution is 2.21. The van der Waals surface area contributed by atoms with Crippen LogP contribution in [0.25, 0.3) is 6.08 Å². The zero-order chi connectivity index (χ0) is 21.4. The zero-order valence-corrected chi connectivity index (χ0v) is 17.9. The number of carbonyl (C=O) groups is 2. The summed E-state index contributed by atoms with van der Waals surface area (Å²) in [6.07, 6.45) is 4.16. The molecule has 2 aromatic carbocycles. The second-order valence-electron chi connectivity index (χ2n) is 7.27. The van der Waals surface area contributed by atoms with Crippen molar-refractivity contribution < 1.29 is 14.3 Å². The SMILES string of the molecule is CCCOc1ccc(/C=C/C(=O)N(C)CC(=O)Nc2c(C)cc(C)cc2C)cc1. The molecule has 2 rings (SSSR count). The number of nitrogens with one attached hydrogen (secondary N) is 1. The highest BCUT2D eigenvalue weighted by molar-refractivity contribution is 5.98. The minimum absolute atomic E-state index is 0.0142. The van der Waals surface area contributed by atoms with Gasteiger partial charge in [0.05, 0.1) is 13.2 Å². The monoisotopic (exact) mass is 394 g/mol. The molecule has 0 aliphatic heterocycles. The molecule has 0 fully saturated rings. The van der Waals surface area contributed by atoms with Gasteiger partial charge in [-0.1, -0.05) is 36.8 Å². The molecule has 0 radical (unpaired) electrons. The maximum atomic E-state index is 12.4. The predicted molar refractivity (Wildman–Crippen MR) is 118 cm³/mol. The van der Waals surface area contributed by atoms with E-state index in [1.807, 2.05) is 57.2 Å². The van der Waals surface area contributed by atoms with E-state index in [2.05, 4.69) is 12.2 Å². The first-order chi connectivity index (χ1) is 13.8. The van der Waals surface area contributed by atoms with E-state index in [0.717, 1.165) is 40.1 Å². The van der Waals surface area contributed by atoms with Crippen LogP contribution in [0.3, 0.4) is 0 Å². The van der Waals surface area contributed by atoms with Gasteiger partial charge in [-0.15, -0.1) is 0 Å². The lowest BCUT2D eigenvalue weighted by atomic mass is 10.1. The van der Waals surface area contributed by atoms with Gasteiger partial charge in [-0.25, -0.2) is 0 Å². The number of nitrogens with zero attached hydrogens (tertiary/aromatic N) is 1. The van der Waals surface area contributed by atoms with Crippen molar-refractivity contribution in [1.82, 2.24) is 4.90 Å². The smallest absolute Gasteiger partial charge is 0.246 e. The zero-order valence-electron chi connectivity index (χ0n) is 17.9. The maximum Gasteiger partial charge on any atom is 0.246 e. The minimum Gasteiger partial charge on any atom is -0.494 e. The fourth-order valence-corrected chi connectivity index (χ4v) is 3.04. The van der Waals surface area contributed by atoms with E-state index in [9.17, 15) is 9.59 Å². The summed E-state index contributed by atoms with van der Waals surface area (Å²) in [6, 6.07) is 11.6. The maximum absolute atomic E-state index is 12.4. The van der Waals surface area contributed by atoms with E-state index in [0.29, 0.717) is 6.61 Å². The lowest BCUT2D eigenvalue weighted by Gasteiger charge is -2.17. The fraction of sp³-hybridized carbons (Fsp3) is 0.333. The van der Waals surface area contributed by atoms with E-state index in [1.54, 1.807) is 13.1 Å². The third-order valence-electron chi connectivity index (χ3n) is 4.47. The summed E-state index contributed by atoms with van der Waals surface area (Å²) in [5, 5.41) is 2.92. The molecule has 0 aliphatic rings. The first-order valence-corrected chi connectivity index (χ1v) is 9.84. The quantitative estimate of drug-likeness (QED) is 0.670. The van der Waals surface area contributed by atoms with Crippen LogP contribution >= 0.6 is 0 Å². The van der Waals surface area contributed by atoms with Crippen molar-refractivity contribution in [2.24, 2.45) is 0 Å². The van der Waals surface area contributed by atoms with Crippen LogP contribution in [0.2, 0.25) is 0 Å². The Morgan fingerprint density at radius 1 is 1.07 bits per heavy atom. The molecule has 1 N–H and O–H groups in total. The second-order valence-corrected chi connectivity index (χ2v) is 7.27. The Kier molecular flexibility index (Phi) is 8.01. The van der Waals surface area contributed by atoms with Crippen molar-refractivity contribution in [1.29, 1.82) is 0 Å². The molecule has 0 heterocycles. The molecule has 0 unspecified atom stereocenters. The molecule has 0 atom stereocenters. The summed E-state index contributed by atoms with van der Waals surface area (Å²) in [5.41, 5.74) is 4.88. The molecule has 154 valence electrons. The fourth-order valence-electron chi connectivity index (χ4n) is 3.04. The lowest BCUT2D eigenvalue weighted by molar-refractivity contribution is -0.129. The number of benzene rings is 2. The number of carbonyl (C=O) groups excluding carboxylic acids is 2. The van der Waals surface area contributed by atoms with Crippen LogP contribution in [0.1, 0.15) is 35.6 Å². The van der Waals surface area contributed by atoms with Gasteiger partial charge >= 0.3 is 0 Å². The normalized spacial score (nSPS) is 10.8. The van der Waals surface area contributed by atoms with Crippen molar-refractivity contribution in [3.63, 3.8) is 0 Å². The largest absolute Gasteiger partial charge is 0.494 e. The summed E-state index contributed by atoms with van der Waals surface area (Å²) in [4.78, 5) is 26.1. The number of aryl methyl sites for hydroxylation is 3. The molecule has 0 saturated heterocycles. The number of amides is 2. The second kappa shape index (κ2) is 10.5. The van der Waals surface area contributed by atoms with Crippen LogP contribution in [0.5, 0.6) is 5.75 Å². The molecule has 5 heteroatoms. The average Bonchev–Trinajstić information content (AvgIpc) is 2.68. The van der Waals surface area contributed by atoms with Crippen molar-refractivity contribution in [3.8, 4) is 5.75 Å². The number of hydrogen-bond acceptors (Lipinski definition) is 3. The molecule has 29 heavy (non-hydrogen) atoms. The van der Waals surface area contributed by atoms with Crippen LogP contribution in [0, 0.1) is 20.8 Å². The average molecular weight is 395 g/mol. The summed E-state index contributed by atoms with van der Waals surface area (Å²) in [7, 11) is 1.61. The van der Waals surface area contributed by atoms with Crippen molar-refractivity contribution in [2.75, 3.05) is 25.5 Å². The van der Waals surface area contributed by atoms with Crippen LogP contribution in [-0.2, 0) is 9.59 Å². The van der Waals surface area contributed by atoms with Gasteiger partial charge in [0.2, 0.25) is 11.8 Å². The molecule has 0 bridgehead atoms. The van der Waals surface area contributed by atoms with Gasteiger partial charge in [-0.05, 0) is 62.1 Å². The molecule has 0 aliphatic carbocycles. The number of anilines is 1. The number of rotatable bonds is 8. The standard InChI is InChI=1S/C24H30N2O3/c1-6-13-29-21-10-7-20(8-11-21)9-12-23(28)26(5)16-22(27)25-24-18(3)14-17(2)15-19(24)4/h7-12,14-15H,6,13,16H2,1-5H3,(H,25,27)/b12-9+. The molecule has 2 aromatic rings. The molecular weight excluding hydrogens is 364 g/mol. The van der Waals surface area contributed by atoms with E-state index >= 15 is 0 Å². The van der Waals surface area contributed by atoms with Gasteiger partial charge in [0.1, 0.15) is 5.75 Å². The Balaban J connectivity index is 1.91.